The van der Waals surface area contributed by atoms with Gasteiger partial charge in [-0.25, -0.2) is 0 Å². The summed E-state index contributed by atoms with van der Waals surface area (Å²) >= 11 is 7.68. The Hall–Kier alpha value is -0.130. The van der Waals surface area contributed by atoms with E-state index in [1.54, 1.807) is 18.4 Å². The van der Waals surface area contributed by atoms with Gasteiger partial charge in [0.25, 0.3) is 0 Å². The molecule has 1 aliphatic heterocycles. The molecule has 2 heterocycles. The third kappa shape index (κ3) is 5.40. The molecule has 5 heteroatoms. The fourth-order valence-corrected chi connectivity index (χ4v) is 3.73. The molecule has 108 valence electrons. The summed E-state index contributed by atoms with van der Waals surface area (Å²) in [7, 11) is 1.75. The van der Waals surface area contributed by atoms with E-state index in [1.165, 1.54) is 30.8 Å². The first-order valence-electron chi connectivity index (χ1n) is 6.94. The number of ether oxygens (including phenoxy) is 1. The Balaban J connectivity index is 1.71. The molecule has 1 aliphatic rings. The predicted octanol–water partition coefficient (Wildman–Crippen LogP) is 2.85. The Morgan fingerprint density at radius 3 is 3.16 bits per heavy atom. The summed E-state index contributed by atoms with van der Waals surface area (Å²) in [5.41, 5.74) is 0. The number of nitrogens with one attached hydrogen (secondary N) is 1. The lowest BCUT2D eigenvalue weighted by molar-refractivity contribution is 0.160. The zero-order valence-electron chi connectivity index (χ0n) is 11.5. The van der Waals surface area contributed by atoms with Gasteiger partial charge in [-0.2, -0.15) is 0 Å². The Morgan fingerprint density at radius 1 is 1.53 bits per heavy atom. The molecule has 0 amide bonds. The highest BCUT2D eigenvalue weighted by molar-refractivity contribution is 7.16. The minimum atomic E-state index is 0.765. The SMILES string of the molecule is COCCNCC1CCCN(Cc2ccc(Cl)s2)C1. The summed E-state index contributed by atoms with van der Waals surface area (Å²) in [6.45, 7) is 6.30. The van der Waals surface area contributed by atoms with Crippen molar-refractivity contribution in [2.24, 2.45) is 5.92 Å². The maximum Gasteiger partial charge on any atom is 0.0931 e. The molecule has 0 bridgehead atoms. The largest absolute Gasteiger partial charge is 0.383 e. The highest BCUT2D eigenvalue weighted by Crippen LogP contribution is 2.24. The van der Waals surface area contributed by atoms with E-state index in [2.05, 4.69) is 16.3 Å². The van der Waals surface area contributed by atoms with Crippen molar-refractivity contribution in [3.8, 4) is 0 Å². The summed E-state index contributed by atoms with van der Waals surface area (Å²) in [5.74, 6) is 0.765. The number of hydrogen-bond donors (Lipinski definition) is 1. The van der Waals surface area contributed by atoms with Crippen molar-refractivity contribution in [3.05, 3.63) is 21.3 Å². The number of likely N-dealkylation sites (tertiary alicyclic amines) is 1. The molecule has 3 nitrogen and oxygen atoms in total. The Bertz CT molecular complexity index is 372. The van der Waals surface area contributed by atoms with E-state index in [9.17, 15) is 0 Å². The van der Waals surface area contributed by atoms with Crippen LogP contribution in [0.3, 0.4) is 0 Å². The molecule has 0 aromatic carbocycles. The monoisotopic (exact) mass is 302 g/mol. The van der Waals surface area contributed by atoms with Gasteiger partial charge in [0.15, 0.2) is 0 Å². The molecule has 0 saturated carbocycles. The smallest absolute Gasteiger partial charge is 0.0931 e. The van der Waals surface area contributed by atoms with Gasteiger partial charge >= 0.3 is 0 Å². The van der Waals surface area contributed by atoms with Gasteiger partial charge in [0.1, 0.15) is 0 Å². The number of halogens is 1. The molecule has 1 aromatic rings. The third-order valence-electron chi connectivity index (χ3n) is 3.53. The lowest BCUT2D eigenvalue weighted by Crippen LogP contribution is -2.39. The molecule has 1 aromatic heterocycles. The fourth-order valence-electron chi connectivity index (χ4n) is 2.60. The number of nitrogens with zero attached hydrogens (tertiary/aromatic N) is 1. The van der Waals surface area contributed by atoms with Crippen LogP contribution >= 0.6 is 22.9 Å². The molecule has 1 saturated heterocycles. The van der Waals surface area contributed by atoms with Crippen LogP contribution in [-0.4, -0.2) is 44.8 Å². The first kappa shape index (κ1) is 15.3. The van der Waals surface area contributed by atoms with Crippen molar-refractivity contribution in [3.63, 3.8) is 0 Å². The van der Waals surface area contributed by atoms with Crippen LogP contribution in [0.2, 0.25) is 4.34 Å². The molecule has 1 atom stereocenters. The van der Waals surface area contributed by atoms with E-state index < -0.39 is 0 Å². The lowest BCUT2D eigenvalue weighted by Gasteiger charge is -2.32. The number of piperidine rings is 1. The van der Waals surface area contributed by atoms with Gasteiger partial charge in [-0.3, -0.25) is 4.90 Å². The minimum Gasteiger partial charge on any atom is -0.383 e. The molecule has 1 fully saturated rings. The normalized spacial score (nSPS) is 20.8. The van der Waals surface area contributed by atoms with Gasteiger partial charge in [0.2, 0.25) is 0 Å². The molecule has 2 rings (SSSR count). The zero-order valence-corrected chi connectivity index (χ0v) is 13.1. The van der Waals surface area contributed by atoms with Crippen molar-refractivity contribution >= 4 is 22.9 Å². The zero-order chi connectivity index (χ0) is 13.5. The van der Waals surface area contributed by atoms with Crippen molar-refractivity contribution < 1.29 is 4.74 Å². The average molecular weight is 303 g/mol. The predicted molar refractivity (Wildman–Crippen MR) is 82.1 cm³/mol. The summed E-state index contributed by atoms with van der Waals surface area (Å²) in [6.07, 6.45) is 2.64. The summed E-state index contributed by atoms with van der Waals surface area (Å²) < 4.78 is 5.94. The van der Waals surface area contributed by atoms with E-state index in [0.717, 1.165) is 36.5 Å². The number of rotatable bonds is 7. The van der Waals surface area contributed by atoms with Crippen molar-refractivity contribution in [2.75, 3.05) is 39.9 Å². The average Bonchev–Trinajstić information content (AvgIpc) is 2.81. The molecule has 0 spiro atoms. The van der Waals surface area contributed by atoms with Crippen molar-refractivity contribution in [2.45, 2.75) is 19.4 Å². The van der Waals surface area contributed by atoms with Gasteiger partial charge in [-0.15, -0.1) is 11.3 Å². The van der Waals surface area contributed by atoms with Gasteiger partial charge < -0.3 is 10.1 Å². The fraction of sp³-hybridized carbons (Fsp3) is 0.714. The molecule has 1 N–H and O–H groups in total. The highest BCUT2D eigenvalue weighted by Gasteiger charge is 2.19. The maximum absolute atomic E-state index is 5.98. The summed E-state index contributed by atoms with van der Waals surface area (Å²) in [6, 6.07) is 4.14. The molecule has 1 unspecified atom stereocenters. The standard InChI is InChI=1S/C14H23ClN2OS/c1-18-8-6-16-9-12-3-2-7-17(10-12)11-13-4-5-14(15)19-13/h4-5,12,16H,2-3,6-11H2,1H3. The van der Waals surface area contributed by atoms with Crippen molar-refractivity contribution in [1.82, 2.24) is 10.2 Å². The Kier molecular flexibility index (Phi) is 6.61. The van der Waals surface area contributed by atoms with Crippen LogP contribution in [0.4, 0.5) is 0 Å². The number of thiophene rings is 1. The highest BCUT2D eigenvalue weighted by atomic mass is 35.5. The molecule has 0 radical (unpaired) electrons. The maximum atomic E-state index is 5.98. The minimum absolute atomic E-state index is 0.765. The molecular formula is C14H23ClN2OS. The first-order valence-corrected chi connectivity index (χ1v) is 8.13. The second-order valence-corrected chi connectivity index (χ2v) is 6.95. The van der Waals surface area contributed by atoms with Gasteiger partial charge in [-0.05, 0) is 44.0 Å². The van der Waals surface area contributed by atoms with E-state index >= 15 is 0 Å². The summed E-state index contributed by atoms with van der Waals surface area (Å²) in [4.78, 5) is 3.92. The molecule has 19 heavy (non-hydrogen) atoms. The number of hydrogen-bond acceptors (Lipinski definition) is 4. The van der Waals surface area contributed by atoms with Gasteiger partial charge in [0.05, 0.1) is 10.9 Å². The second-order valence-electron chi connectivity index (χ2n) is 5.15. The lowest BCUT2D eigenvalue weighted by atomic mass is 9.98. The van der Waals surface area contributed by atoms with Gasteiger partial charge in [0, 0.05) is 31.6 Å². The molecule has 0 aliphatic carbocycles. The van der Waals surface area contributed by atoms with Gasteiger partial charge in [-0.1, -0.05) is 11.6 Å². The van der Waals surface area contributed by atoms with Crippen LogP contribution in [-0.2, 0) is 11.3 Å². The number of methoxy groups -OCH3 is 1. The van der Waals surface area contributed by atoms with E-state index in [-0.39, 0.29) is 0 Å². The van der Waals surface area contributed by atoms with E-state index in [4.69, 9.17) is 16.3 Å². The van der Waals surface area contributed by atoms with Crippen LogP contribution in [0.25, 0.3) is 0 Å². The van der Waals surface area contributed by atoms with Crippen LogP contribution < -0.4 is 5.32 Å². The topological polar surface area (TPSA) is 24.5 Å². The van der Waals surface area contributed by atoms with Crippen LogP contribution in [0, 0.1) is 5.92 Å². The molecular weight excluding hydrogens is 280 g/mol. The Labute approximate surface area is 124 Å². The second kappa shape index (κ2) is 8.22. The Morgan fingerprint density at radius 2 is 2.42 bits per heavy atom. The summed E-state index contributed by atoms with van der Waals surface area (Å²) in [5, 5.41) is 3.47. The van der Waals surface area contributed by atoms with Crippen molar-refractivity contribution in [1.29, 1.82) is 0 Å². The first-order chi connectivity index (χ1) is 9.28. The quantitative estimate of drug-likeness (QED) is 0.784. The van der Waals surface area contributed by atoms with E-state index in [1.807, 2.05) is 6.07 Å². The van der Waals surface area contributed by atoms with Crippen LogP contribution in [0.15, 0.2) is 12.1 Å². The van der Waals surface area contributed by atoms with Crippen LogP contribution in [0.5, 0.6) is 0 Å². The third-order valence-corrected chi connectivity index (χ3v) is 4.74. The van der Waals surface area contributed by atoms with E-state index in [0.29, 0.717) is 0 Å². The van der Waals surface area contributed by atoms with Crippen LogP contribution in [0.1, 0.15) is 17.7 Å².